The number of carbonyl (C=O) groups excluding carboxylic acids is 2. The molecular formula is C24H32Cl2N4O4S. The van der Waals surface area contributed by atoms with Crippen molar-refractivity contribution in [1.82, 2.24) is 14.5 Å². The van der Waals surface area contributed by atoms with E-state index >= 15 is 0 Å². The Morgan fingerprint density at radius 1 is 0.971 bits per heavy atom. The van der Waals surface area contributed by atoms with E-state index < -0.39 is 28.7 Å². The number of hydrogen-bond donors (Lipinski definition) is 1. The maximum atomic E-state index is 13.7. The number of nitrogens with one attached hydrogen (secondary N) is 1. The molecule has 192 valence electrons. The summed E-state index contributed by atoms with van der Waals surface area (Å²) in [6.07, 6.45) is 0.714. The molecule has 0 fully saturated rings. The molecule has 1 N–H and O–H groups in total. The van der Waals surface area contributed by atoms with Crippen LogP contribution in [0.15, 0.2) is 48.5 Å². The molecule has 11 heteroatoms. The molecule has 2 aromatic rings. The second-order valence-electron chi connectivity index (χ2n) is 8.35. The minimum atomic E-state index is -4.01. The van der Waals surface area contributed by atoms with E-state index in [1.807, 2.05) is 13.8 Å². The smallest absolute Gasteiger partial charge is 0.304 e. The number of anilines is 1. The lowest BCUT2D eigenvalue weighted by atomic mass is 10.1. The van der Waals surface area contributed by atoms with Crippen molar-refractivity contribution < 1.29 is 18.0 Å². The highest BCUT2D eigenvalue weighted by molar-refractivity contribution is 7.90. The topological polar surface area (TPSA) is 90.0 Å². The second kappa shape index (κ2) is 12.6. The highest BCUT2D eigenvalue weighted by Crippen LogP contribution is 2.27. The zero-order chi connectivity index (χ0) is 26.3. The van der Waals surface area contributed by atoms with Gasteiger partial charge in [-0.3, -0.25) is 9.59 Å². The van der Waals surface area contributed by atoms with Crippen LogP contribution in [0.1, 0.15) is 32.8 Å². The van der Waals surface area contributed by atoms with Gasteiger partial charge < -0.3 is 10.2 Å². The number of benzene rings is 2. The van der Waals surface area contributed by atoms with E-state index in [9.17, 15) is 18.0 Å². The number of amides is 2. The second-order valence-corrected chi connectivity index (χ2v) is 11.2. The third-order valence-corrected chi connectivity index (χ3v) is 8.15. The molecule has 0 heterocycles. The molecule has 0 aromatic heterocycles. The Labute approximate surface area is 218 Å². The minimum Gasteiger partial charge on any atom is -0.352 e. The number of halogens is 2. The maximum absolute atomic E-state index is 13.7. The average molecular weight is 544 g/mol. The van der Waals surface area contributed by atoms with Crippen molar-refractivity contribution in [3.8, 4) is 0 Å². The van der Waals surface area contributed by atoms with Crippen molar-refractivity contribution in [2.75, 3.05) is 24.9 Å². The lowest BCUT2D eigenvalue weighted by Crippen LogP contribution is -2.53. The summed E-state index contributed by atoms with van der Waals surface area (Å²) in [5.74, 6) is -0.945. The molecule has 2 atom stereocenters. The Bertz CT molecular complexity index is 1110. The van der Waals surface area contributed by atoms with Crippen molar-refractivity contribution in [2.45, 2.75) is 45.8 Å². The number of nitrogens with zero attached hydrogens (tertiary/aromatic N) is 3. The van der Waals surface area contributed by atoms with Gasteiger partial charge in [0.05, 0.1) is 5.69 Å². The van der Waals surface area contributed by atoms with Gasteiger partial charge in [-0.25, -0.2) is 4.31 Å². The highest BCUT2D eigenvalue weighted by atomic mass is 35.5. The monoisotopic (exact) mass is 542 g/mol. The van der Waals surface area contributed by atoms with Crippen LogP contribution in [0.3, 0.4) is 0 Å². The quantitative estimate of drug-likeness (QED) is 0.465. The van der Waals surface area contributed by atoms with E-state index in [2.05, 4.69) is 5.32 Å². The molecule has 8 nitrogen and oxygen atoms in total. The summed E-state index contributed by atoms with van der Waals surface area (Å²) in [6.45, 7) is 4.80. The molecular weight excluding hydrogens is 511 g/mol. The molecule has 0 aliphatic heterocycles. The van der Waals surface area contributed by atoms with Crippen molar-refractivity contribution in [3.05, 3.63) is 64.1 Å². The zero-order valence-electron chi connectivity index (χ0n) is 20.5. The van der Waals surface area contributed by atoms with E-state index in [4.69, 9.17) is 23.2 Å². The molecule has 0 saturated carbocycles. The van der Waals surface area contributed by atoms with Crippen LogP contribution in [-0.2, 0) is 26.3 Å². The fraction of sp³-hybridized carbons (Fsp3) is 0.417. The molecule has 0 bridgehead atoms. The first kappa shape index (κ1) is 28.9. The van der Waals surface area contributed by atoms with Crippen LogP contribution in [0, 0.1) is 0 Å². The third-order valence-electron chi connectivity index (χ3n) is 5.62. The summed E-state index contributed by atoms with van der Waals surface area (Å²) < 4.78 is 28.2. The van der Waals surface area contributed by atoms with Crippen molar-refractivity contribution in [3.63, 3.8) is 0 Å². The zero-order valence-corrected chi connectivity index (χ0v) is 22.9. The fourth-order valence-electron chi connectivity index (χ4n) is 3.21. The van der Waals surface area contributed by atoms with Crippen LogP contribution in [0.2, 0.25) is 10.0 Å². The van der Waals surface area contributed by atoms with E-state index in [1.54, 1.807) is 55.5 Å². The number of carbonyl (C=O) groups is 2. The van der Waals surface area contributed by atoms with Crippen LogP contribution < -0.4 is 9.62 Å². The van der Waals surface area contributed by atoms with Crippen LogP contribution in [0.5, 0.6) is 0 Å². The Hall–Kier alpha value is -2.33. The van der Waals surface area contributed by atoms with E-state index in [-0.39, 0.29) is 18.5 Å². The lowest BCUT2D eigenvalue weighted by molar-refractivity contribution is -0.139. The molecule has 0 aliphatic carbocycles. The Balaban J connectivity index is 2.48. The number of hydrogen-bond acceptors (Lipinski definition) is 4. The fourth-order valence-corrected chi connectivity index (χ4v) is 4.79. The maximum Gasteiger partial charge on any atom is 0.304 e. The molecule has 0 radical (unpaired) electrons. The first-order valence-corrected chi connectivity index (χ1v) is 13.3. The normalized spacial score (nSPS) is 13.3. The van der Waals surface area contributed by atoms with Gasteiger partial charge in [0, 0.05) is 42.3 Å². The molecule has 2 amide bonds. The van der Waals surface area contributed by atoms with Crippen molar-refractivity contribution in [1.29, 1.82) is 0 Å². The molecule has 35 heavy (non-hydrogen) atoms. The summed E-state index contributed by atoms with van der Waals surface area (Å²) in [6, 6.07) is 12.3. The summed E-state index contributed by atoms with van der Waals surface area (Å²) >= 11 is 12.7. The Morgan fingerprint density at radius 3 is 2.06 bits per heavy atom. The lowest BCUT2D eigenvalue weighted by Gasteiger charge is -2.33. The van der Waals surface area contributed by atoms with Gasteiger partial charge in [0.25, 0.3) is 0 Å². The standard InChI is InChI=1S/C24H32Cl2N4O4S/c1-6-17(2)27-24(32)18(3)29(15-20-21(25)13-10-14-22(20)26)23(31)16-30(35(33,34)28(4)5)19-11-8-7-9-12-19/h7-14,17-18H,6,15-16H2,1-5H3,(H,27,32)/t17-,18-/m0/s1. The van der Waals surface area contributed by atoms with Crippen LogP contribution in [0.4, 0.5) is 5.69 Å². The van der Waals surface area contributed by atoms with Crippen molar-refractivity contribution >= 4 is 50.9 Å². The minimum absolute atomic E-state index is 0.0723. The molecule has 0 spiro atoms. The Kier molecular flexibility index (Phi) is 10.4. The van der Waals surface area contributed by atoms with Gasteiger partial charge in [-0.05, 0) is 44.5 Å². The van der Waals surface area contributed by atoms with Gasteiger partial charge in [-0.2, -0.15) is 12.7 Å². The van der Waals surface area contributed by atoms with Crippen molar-refractivity contribution in [2.24, 2.45) is 0 Å². The largest absolute Gasteiger partial charge is 0.352 e. The number of rotatable bonds is 11. The van der Waals surface area contributed by atoms with Gasteiger partial charge in [-0.15, -0.1) is 0 Å². The Morgan fingerprint density at radius 2 is 1.54 bits per heavy atom. The van der Waals surface area contributed by atoms with Gasteiger partial charge in [-0.1, -0.05) is 54.4 Å². The van der Waals surface area contributed by atoms with Crippen LogP contribution in [-0.4, -0.2) is 62.2 Å². The van der Waals surface area contributed by atoms with Gasteiger partial charge in [0.1, 0.15) is 12.6 Å². The first-order valence-electron chi connectivity index (χ1n) is 11.2. The molecule has 2 rings (SSSR count). The van der Waals surface area contributed by atoms with Gasteiger partial charge in [0.15, 0.2) is 0 Å². The van der Waals surface area contributed by atoms with Crippen LogP contribution in [0.25, 0.3) is 0 Å². The number of para-hydroxylation sites is 1. The van der Waals surface area contributed by atoms with E-state index in [1.165, 1.54) is 19.0 Å². The van der Waals surface area contributed by atoms with Crippen LogP contribution >= 0.6 is 23.2 Å². The average Bonchev–Trinajstić information content (AvgIpc) is 2.82. The van der Waals surface area contributed by atoms with Gasteiger partial charge >= 0.3 is 10.2 Å². The third kappa shape index (κ3) is 7.33. The predicted octanol–water partition coefficient (Wildman–Crippen LogP) is 3.94. The summed E-state index contributed by atoms with van der Waals surface area (Å²) in [7, 11) is -1.24. The van der Waals surface area contributed by atoms with Gasteiger partial charge in [0.2, 0.25) is 11.8 Å². The molecule has 0 unspecified atom stereocenters. The molecule has 2 aromatic carbocycles. The predicted molar refractivity (Wildman–Crippen MR) is 141 cm³/mol. The first-order chi connectivity index (χ1) is 16.4. The highest BCUT2D eigenvalue weighted by Gasteiger charge is 2.33. The SMILES string of the molecule is CC[C@H](C)NC(=O)[C@H](C)N(Cc1c(Cl)cccc1Cl)C(=O)CN(c1ccccc1)S(=O)(=O)N(C)C. The summed E-state index contributed by atoms with van der Waals surface area (Å²) in [5, 5.41) is 3.55. The molecule has 0 aliphatic rings. The van der Waals surface area contributed by atoms with E-state index in [0.29, 0.717) is 27.7 Å². The van der Waals surface area contributed by atoms with E-state index in [0.717, 1.165) is 8.61 Å². The summed E-state index contributed by atoms with van der Waals surface area (Å²) in [4.78, 5) is 27.9. The molecule has 0 saturated heterocycles. The summed E-state index contributed by atoms with van der Waals surface area (Å²) in [5.41, 5.74) is 0.788.